The maximum Gasteiger partial charge on any atom is 0.431 e. The van der Waals surface area contributed by atoms with E-state index in [4.69, 9.17) is 21.1 Å². The van der Waals surface area contributed by atoms with E-state index in [9.17, 15) is 31.9 Å². The minimum atomic E-state index is -4.98. The van der Waals surface area contributed by atoms with E-state index < -0.39 is 40.7 Å². The normalized spacial score (nSPS) is 12.3. The van der Waals surface area contributed by atoms with E-state index in [0.717, 1.165) is 19.2 Å². The molecule has 3 rings (SSSR count). The fourth-order valence-electron chi connectivity index (χ4n) is 3.14. The van der Waals surface area contributed by atoms with Gasteiger partial charge in [0.05, 0.1) is 10.7 Å². The van der Waals surface area contributed by atoms with Crippen molar-refractivity contribution in [1.29, 1.82) is 0 Å². The third-order valence-corrected chi connectivity index (χ3v) is 5.18. The number of pyridine rings is 1. The predicted molar refractivity (Wildman–Crippen MR) is 117 cm³/mol. The number of carbonyl (C=O) groups excluding carboxylic acids is 1. The van der Waals surface area contributed by atoms with Crippen molar-refractivity contribution in [3.8, 4) is 23.1 Å². The summed E-state index contributed by atoms with van der Waals surface area (Å²) >= 11 is 6.07. The fraction of sp³-hybridized carbons (Fsp3) is 0.273. The third-order valence-electron chi connectivity index (χ3n) is 4.89. The number of aromatic nitrogens is 3. The molecule has 3 aromatic rings. The van der Waals surface area contributed by atoms with Gasteiger partial charge in [-0.1, -0.05) is 18.5 Å². The second kappa shape index (κ2) is 9.90. The van der Waals surface area contributed by atoms with Gasteiger partial charge >= 0.3 is 11.9 Å². The SMILES string of the molecule is CCC(Oc1ncccc1Oc1cc(-n2c(=O)cc(C(F)(F)F)n(C)c2=O)c(F)cc1Cl)C(C)=O. The van der Waals surface area contributed by atoms with Crippen molar-refractivity contribution in [3.63, 3.8) is 0 Å². The first-order chi connectivity index (χ1) is 16.3. The van der Waals surface area contributed by atoms with Crippen LogP contribution in [0.4, 0.5) is 17.6 Å². The van der Waals surface area contributed by atoms with Gasteiger partial charge in [0.2, 0.25) is 0 Å². The van der Waals surface area contributed by atoms with Crippen LogP contribution in [0.2, 0.25) is 5.02 Å². The van der Waals surface area contributed by atoms with Crippen LogP contribution >= 0.6 is 11.6 Å². The molecule has 0 bridgehead atoms. The van der Waals surface area contributed by atoms with E-state index in [1.165, 1.54) is 25.3 Å². The molecule has 0 spiro atoms. The summed E-state index contributed by atoms with van der Waals surface area (Å²) in [6, 6.07) is 4.68. The number of hydrogen-bond donors (Lipinski definition) is 0. The molecule has 1 atom stereocenters. The third kappa shape index (κ3) is 5.37. The van der Waals surface area contributed by atoms with Gasteiger partial charge in [-0.2, -0.15) is 13.2 Å². The number of carbonyl (C=O) groups is 1. The molecule has 0 aliphatic rings. The highest BCUT2D eigenvalue weighted by Crippen LogP contribution is 2.36. The van der Waals surface area contributed by atoms with E-state index in [0.29, 0.717) is 6.42 Å². The smallest absolute Gasteiger partial charge is 0.431 e. The van der Waals surface area contributed by atoms with Crippen molar-refractivity contribution < 1.29 is 31.8 Å². The second-order valence-electron chi connectivity index (χ2n) is 7.31. The molecule has 13 heteroatoms. The van der Waals surface area contributed by atoms with E-state index in [-0.39, 0.29) is 43.4 Å². The second-order valence-corrected chi connectivity index (χ2v) is 7.72. The van der Waals surface area contributed by atoms with E-state index >= 15 is 0 Å². The average molecular weight is 516 g/mol. The number of alkyl halides is 3. The van der Waals surface area contributed by atoms with E-state index in [1.54, 1.807) is 6.92 Å². The van der Waals surface area contributed by atoms with Crippen LogP contribution in [0.15, 0.2) is 46.1 Å². The lowest BCUT2D eigenvalue weighted by Crippen LogP contribution is -2.41. The molecule has 0 saturated carbocycles. The number of ketones is 1. The highest BCUT2D eigenvalue weighted by molar-refractivity contribution is 6.32. The summed E-state index contributed by atoms with van der Waals surface area (Å²) in [6.07, 6.45) is -4.09. The zero-order valence-corrected chi connectivity index (χ0v) is 19.3. The number of benzene rings is 1. The van der Waals surface area contributed by atoms with Gasteiger partial charge in [-0.15, -0.1) is 0 Å². The number of halogens is 5. The minimum Gasteiger partial charge on any atom is -0.464 e. The zero-order chi connectivity index (χ0) is 26.1. The van der Waals surface area contributed by atoms with Crippen LogP contribution in [0, 0.1) is 5.82 Å². The van der Waals surface area contributed by atoms with Crippen LogP contribution in [-0.2, 0) is 18.0 Å². The molecular formula is C22H18ClF4N3O5. The Hall–Kier alpha value is -3.67. The first kappa shape index (κ1) is 25.9. The van der Waals surface area contributed by atoms with Crippen LogP contribution in [0.5, 0.6) is 17.4 Å². The molecule has 2 heterocycles. The molecule has 35 heavy (non-hydrogen) atoms. The Morgan fingerprint density at radius 1 is 1.20 bits per heavy atom. The van der Waals surface area contributed by atoms with Gasteiger partial charge < -0.3 is 9.47 Å². The summed E-state index contributed by atoms with van der Waals surface area (Å²) in [5.74, 6) is -1.79. The molecule has 186 valence electrons. The number of rotatable bonds is 7. The fourth-order valence-corrected chi connectivity index (χ4v) is 3.33. The average Bonchev–Trinajstić information content (AvgIpc) is 2.77. The van der Waals surface area contributed by atoms with Crippen LogP contribution in [-0.4, -0.2) is 26.0 Å². The van der Waals surface area contributed by atoms with Crippen LogP contribution < -0.4 is 20.7 Å². The Morgan fingerprint density at radius 3 is 2.49 bits per heavy atom. The first-order valence-electron chi connectivity index (χ1n) is 10.0. The zero-order valence-electron chi connectivity index (χ0n) is 18.5. The Morgan fingerprint density at radius 2 is 1.89 bits per heavy atom. The number of ether oxygens (including phenoxy) is 2. The number of nitrogens with zero attached hydrogens (tertiary/aromatic N) is 3. The van der Waals surface area contributed by atoms with Gasteiger partial charge in [0.15, 0.2) is 17.6 Å². The van der Waals surface area contributed by atoms with Gasteiger partial charge in [-0.25, -0.2) is 18.7 Å². The van der Waals surface area contributed by atoms with Crippen molar-refractivity contribution >= 4 is 17.4 Å². The van der Waals surface area contributed by atoms with Crippen molar-refractivity contribution in [2.45, 2.75) is 32.5 Å². The molecule has 0 amide bonds. The summed E-state index contributed by atoms with van der Waals surface area (Å²) in [7, 11) is 0.796. The molecule has 0 N–H and O–H groups in total. The summed E-state index contributed by atoms with van der Waals surface area (Å²) in [5.41, 5.74) is -5.03. The van der Waals surface area contributed by atoms with Crippen LogP contribution in [0.3, 0.4) is 0 Å². The summed E-state index contributed by atoms with van der Waals surface area (Å²) in [4.78, 5) is 40.7. The Labute approximate surface area is 200 Å². The lowest BCUT2D eigenvalue weighted by molar-refractivity contribution is -0.144. The summed E-state index contributed by atoms with van der Waals surface area (Å²) in [6.45, 7) is 3.06. The van der Waals surface area contributed by atoms with Crippen molar-refractivity contribution in [1.82, 2.24) is 14.1 Å². The molecular weight excluding hydrogens is 498 g/mol. The standard InChI is InChI=1S/C22H18ClF4N3O5/c1-4-15(11(2)31)35-20-16(6-5-7-28-20)34-17-9-14(13(24)8-12(17)23)30-19(32)10-18(22(25,26)27)29(3)21(30)33/h5-10,15H,4H2,1-3H3. The van der Waals surface area contributed by atoms with Crippen LogP contribution in [0.25, 0.3) is 5.69 Å². The Bertz CT molecular complexity index is 1400. The van der Waals surface area contributed by atoms with Gasteiger partial charge in [0.25, 0.3) is 11.4 Å². The van der Waals surface area contributed by atoms with Gasteiger partial charge in [-0.05, 0) is 31.5 Å². The summed E-state index contributed by atoms with van der Waals surface area (Å²) < 4.78 is 65.8. The predicted octanol–water partition coefficient (Wildman–Crippen LogP) is 4.28. The monoisotopic (exact) mass is 515 g/mol. The molecule has 8 nitrogen and oxygen atoms in total. The maximum atomic E-state index is 14.7. The molecule has 0 aliphatic carbocycles. The highest BCUT2D eigenvalue weighted by atomic mass is 35.5. The lowest BCUT2D eigenvalue weighted by atomic mass is 10.2. The first-order valence-corrected chi connectivity index (χ1v) is 10.4. The topological polar surface area (TPSA) is 92.4 Å². The van der Waals surface area contributed by atoms with Gasteiger partial charge in [-0.3, -0.25) is 14.2 Å². The Kier molecular flexibility index (Phi) is 7.34. The van der Waals surface area contributed by atoms with Gasteiger partial charge in [0.1, 0.15) is 17.3 Å². The highest BCUT2D eigenvalue weighted by Gasteiger charge is 2.35. The van der Waals surface area contributed by atoms with E-state index in [1.807, 2.05) is 0 Å². The maximum absolute atomic E-state index is 14.7. The Balaban J connectivity index is 2.11. The molecule has 2 aromatic heterocycles. The lowest BCUT2D eigenvalue weighted by Gasteiger charge is -2.18. The quantitative estimate of drug-likeness (QED) is 0.436. The number of Topliss-reactive ketones (excluding diaryl/α,β-unsaturated/α-hetero) is 1. The van der Waals surface area contributed by atoms with E-state index in [2.05, 4.69) is 4.98 Å². The van der Waals surface area contributed by atoms with Crippen molar-refractivity contribution in [3.05, 3.63) is 73.9 Å². The van der Waals surface area contributed by atoms with Gasteiger partial charge in [0, 0.05) is 25.4 Å². The van der Waals surface area contributed by atoms with Crippen molar-refractivity contribution in [2.75, 3.05) is 0 Å². The number of hydrogen-bond acceptors (Lipinski definition) is 6. The molecule has 0 fully saturated rings. The van der Waals surface area contributed by atoms with Crippen molar-refractivity contribution in [2.24, 2.45) is 7.05 Å². The minimum absolute atomic E-state index is 0.0284. The molecule has 1 unspecified atom stereocenters. The molecule has 0 radical (unpaired) electrons. The largest absolute Gasteiger partial charge is 0.464 e. The molecule has 0 aliphatic heterocycles. The van der Waals surface area contributed by atoms with Crippen LogP contribution in [0.1, 0.15) is 26.0 Å². The summed E-state index contributed by atoms with van der Waals surface area (Å²) in [5, 5.41) is -0.281. The molecule has 0 saturated heterocycles. The molecule has 1 aromatic carbocycles.